The van der Waals surface area contributed by atoms with Crippen molar-refractivity contribution in [2.75, 3.05) is 6.61 Å². The average Bonchev–Trinajstić information content (AvgIpc) is 2.85. The molecule has 20 heavy (non-hydrogen) atoms. The summed E-state index contributed by atoms with van der Waals surface area (Å²) in [5.41, 5.74) is 6.26. The van der Waals surface area contributed by atoms with Crippen molar-refractivity contribution in [3.05, 3.63) is 59.2 Å². The highest BCUT2D eigenvalue weighted by atomic mass is 16.5. The van der Waals surface area contributed by atoms with Gasteiger partial charge in [0.15, 0.2) is 0 Å². The maximum Gasteiger partial charge on any atom is 0.313 e. The fourth-order valence-corrected chi connectivity index (χ4v) is 2.98. The summed E-state index contributed by atoms with van der Waals surface area (Å²) in [6.45, 7) is 4.20. The molecule has 0 aromatic heterocycles. The van der Waals surface area contributed by atoms with Crippen LogP contribution in [-0.2, 0) is 16.0 Å². The first kappa shape index (κ1) is 12.9. The van der Waals surface area contributed by atoms with Gasteiger partial charge in [-0.05, 0) is 48.1 Å². The van der Waals surface area contributed by atoms with Gasteiger partial charge in [0.2, 0.25) is 0 Å². The van der Waals surface area contributed by atoms with Gasteiger partial charge in [-0.3, -0.25) is 4.79 Å². The maximum absolute atomic E-state index is 12.0. The summed E-state index contributed by atoms with van der Waals surface area (Å²) in [4.78, 5) is 12.0. The zero-order valence-electron chi connectivity index (χ0n) is 11.8. The molecule has 0 aliphatic heterocycles. The molecule has 2 heteroatoms. The molecular weight excluding hydrogens is 248 g/mol. The Morgan fingerprint density at radius 2 is 1.90 bits per heavy atom. The number of carbonyl (C=O) groups is 1. The third kappa shape index (κ3) is 2.01. The Bertz CT molecular complexity index is 658. The molecule has 0 fully saturated rings. The quantitative estimate of drug-likeness (QED) is 0.671. The molecule has 0 heterocycles. The van der Waals surface area contributed by atoms with Gasteiger partial charge in [-0.15, -0.1) is 0 Å². The van der Waals surface area contributed by atoms with Gasteiger partial charge in [-0.2, -0.15) is 0 Å². The van der Waals surface area contributed by atoms with Gasteiger partial charge in [-0.1, -0.05) is 42.5 Å². The number of rotatable bonds is 3. The van der Waals surface area contributed by atoms with Crippen molar-refractivity contribution < 1.29 is 9.53 Å². The standard InChI is InChI=1S/C18H18O2/c1-3-20-18(19)12(2)14-9-6-10-16-15-8-5-4-7-13(15)11-17(14)16/h4-10,12H,3,11H2,1-2H3. The predicted octanol–water partition coefficient (Wildman–Crippen LogP) is 3.92. The summed E-state index contributed by atoms with van der Waals surface area (Å²) in [5.74, 6) is -0.351. The molecule has 0 saturated heterocycles. The molecule has 102 valence electrons. The van der Waals surface area contributed by atoms with Crippen LogP contribution in [0.4, 0.5) is 0 Å². The van der Waals surface area contributed by atoms with E-state index in [9.17, 15) is 4.79 Å². The van der Waals surface area contributed by atoms with E-state index in [4.69, 9.17) is 4.74 Å². The van der Waals surface area contributed by atoms with Gasteiger partial charge in [0.1, 0.15) is 0 Å². The van der Waals surface area contributed by atoms with Crippen LogP contribution in [0.5, 0.6) is 0 Å². The molecule has 2 nitrogen and oxygen atoms in total. The minimum absolute atomic E-state index is 0.142. The maximum atomic E-state index is 12.0. The van der Waals surface area contributed by atoms with E-state index in [0.717, 1.165) is 12.0 Å². The van der Waals surface area contributed by atoms with Gasteiger partial charge in [0, 0.05) is 0 Å². The summed E-state index contributed by atoms with van der Waals surface area (Å²) < 4.78 is 5.16. The van der Waals surface area contributed by atoms with Crippen molar-refractivity contribution in [3.63, 3.8) is 0 Å². The Labute approximate surface area is 119 Å². The Balaban J connectivity index is 2.03. The Morgan fingerprint density at radius 3 is 2.70 bits per heavy atom. The fourth-order valence-electron chi connectivity index (χ4n) is 2.98. The summed E-state index contributed by atoms with van der Waals surface area (Å²) in [6, 6.07) is 14.7. The molecule has 0 amide bonds. The lowest BCUT2D eigenvalue weighted by Crippen LogP contribution is -2.14. The largest absolute Gasteiger partial charge is 0.466 e. The normalized spacial score (nSPS) is 13.5. The van der Waals surface area contributed by atoms with Gasteiger partial charge in [0.05, 0.1) is 12.5 Å². The van der Waals surface area contributed by atoms with E-state index < -0.39 is 0 Å². The van der Waals surface area contributed by atoms with Crippen molar-refractivity contribution in [1.82, 2.24) is 0 Å². The first-order chi connectivity index (χ1) is 9.72. The summed E-state index contributed by atoms with van der Waals surface area (Å²) in [5, 5.41) is 0. The smallest absolute Gasteiger partial charge is 0.313 e. The molecule has 1 aliphatic rings. The van der Waals surface area contributed by atoms with E-state index in [1.165, 1.54) is 22.3 Å². The van der Waals surface area contributed by atoms with Crippen LogP contribution in [0.1, 0.15) is 36.5 Å². The van der Waals surface area contributed by atoms with Crippen LogP contribution in [0.3, 0.4) is 0 Å². The lowest BCUT2D eigenvalue weighted by Gasteiger charge is -2.15. The molecule has 0 spiro atoms. The molecule has 1 unspecified atom stereocenters. The van der Waals surface area contributed by atoms with E-state index in [1.54, 1.807) is 0 Å². The number of hydrogen-bond acceptors (Lipinski definition) is 2. The molecule has 1 atom stereocenters. The van der Waals surface area contributed by atoms with Crippen molar-refractivity contribution in [1.29, 1.82) is 0 Å². The van der Waals surface area contributed by atoms with Crippen LogP contribution >= 0.6 is 0 Å². The molecule has 0 N–H and O–H groups in total. The van der Waals surface area contributed by atoms with Crippen LogP contribution < -0.4 is 0 Å². The van der Waals surface area contributed by atoms with Crippen molar-refractivity contribution in [3.8, 4) is 11.1 Å². The first-order valence-electron chi connectivity index (χ1n) is 7.09. The number of ether oxygens (including phenoxy) is 1. The van der Waals surface area contributed by atoms with Crippen LogP contribution in [0.2, 0.25) is 0 Å². The summed E-state index contributed by atoms with van der Waals surface area (Å²) >= 11 is 0. The monoisotopic (exact) mass is 266 g/mol. The number of hydrogen-bond donors (Lipinski definition) is 0. The molecular formula is C18H18O2. The molecule has 0 radical (unpaired) electrons. The second-order valence-corrected chi connectivity index (χ2v) is 5.18. The average molecular weight is 266 g/mol. The summed E-state index contributed by atoms with van der Waals surface area (Å²) in [6.07, 6.45) is 0.908. The highest BCUT2D eigenvalue weighted by Gasteiger charge is 2.25. The fraction of sp³-hybridized carbons (Fsp3) is 0.278. The molecule has 3 rings (SSSR count). The number of carbonyl (C=O) groups excluding carboxylic acids is 1. The van der Waals surface area contributed by atoms with Crippen molar-refractivity contribution in [2.24, 2.45) is 0 Å². The van der Waals surface area contributed by atoms with Crippen molar-refractivity contribution in [2.45, 2.75) is 26.2 Å². The lowest BCUT2D eigenvalue weighted by molar-refractivity contribution is -0.144. The van der Waals surface area contributed by atoms with E-state index >= 15 is 0 Å². The van der Waals surface area contributed by atoms with Crippen LogP contribution in [0, 0.1) is 0 Å². The van der Waals surface area contributed by atoms with Gasteiger partial charge in [0.25, 0.3) is 0 Å². The number of esters is 1. The van der Waals surface area contributed by atoms with E-state index in [1.807, 2.05) is 26.0 Å². The first-order valence-corrected chi connectivity index (χ1v) is 7.09. The lowest BCUT2D eigenvalue weighted by atomic mass is 9.92. The molecule has 2 aromatic rings. The minimum atomic E-state index is -0.209. The third-order valence-electron chi connectivity index (χ3n) is 3.99. The Kier molecular flexibility index (Phi) is 3.31. The summed E-state index contributed by atoms with van der Waals surface area (Å²) in [7, 11) is 0. The van der Waals surface area contributed by atoms with E-state index in [2.05, 4.69) is 30.3 Å². The molecule has 0 bridgehead atoms. The number of fused-ring (bicyclic) bond motifs is 3. The zero-order chi connectivity index (χ0) is 14.1. The van der Waals surface area contributed by atoms with E-state index in [-0.39, 0.29) is 11.9 Å². The third-order valence-corrected chi connectivity index (χ3v) is 3.99. The Hall–Kier alpha value is -2.09. The second-order valence-electron chi connectivity index (χ2n) is 5.18. The Morgan fingerprint density at radius 1 is 1.15 bits per heavy atom. The van der Waals surface area contributed by atoms with Gasteiger partial charge in [-0.25, -0.2) is 0 Å². The van der Waals surface area contributed by atoms with E-state index in [0.29, 0.717) is 6.61 Å². The van der Waals surface area contributed by atoms with Crippen LogP contribution in [-0.4, -0.2) is 12.6 Å². The minimum Gasteiger partial charge on any atom is -0.466 e. The van der Waals surface area contributed by atoms with Crippen LogP contribution in [0.15, 0.2) is 42.5 Å². The SMILES string of the molecule is CCOC(=O)C(C)c1cccc2c1Cc1ccccc1-2. The van der Waals surface area contributed by atoms with Crippen LogP contribution in [0.25, 0.3) is 11.1 Å². The molecule has 2 aromatic carbocycles. The highest BCUT2D eigenvalue weighted by molar-refractivity contribution is 5.83. The molecule has 1 aliphatic carbocycles. The topological polar surface area (TPSA) is 26.3 Å². The predicted molar refractivity (Wildman–Crippen MR) is 79.7 cm³/mol. The van der Waals surface area contributed by atoms with Gasteiger partial charge < -0.3 is 4.74 Å². The molecule has 0 saturated carbocycles. The zero-order valence-corrected chi connectivity index (χ0v) is 11.8. The van der Waals surface area contributed by atoms with Crippen molar-refractivity contribution >= 4 is 5.97 Å². The second kappa shape index (κ2) is 5.12. The number of benzene rings is 2. The van der Waals surface area contributed by atoms with Gasteiger partial charge >= 0.3 is 5.97 Å². The highest BCUT2D eigenvalue weighted by Crippen LogP contribution is 2.40.